The Kier molecular flexibility index (Phi) is 8.54. The van der Waals surface area contributed by atoms with Crippen molar-refractivity contribution in [2.24, 2.45) is 5.73 Å². The lowest BCUT2D eigenvalue weighted by atomic mass is 9.96. The van der Waals surface area contributed by atoms with Gasteiger partial charge in [0.2, 0.25) is 5.91 Å². The van der Waals surface area contributed by atoms with Crippen LogP contribution in [0.3, 0.4) is 0 Å². The van der Waals surface area contributed by atoms with E-state index < -0.39 is 0 Å². The van der Waals surface area contributed by atoms with E-state index in [0.717, 1.165) is 60.5 Å². The number of para-hydroxylation sites is 2. The van der Waals surface area contributed by atoms with Crippen LogP contribution in [0.25, 0.3) is 16.7 Å². The molecule has 0 saturated carbocycles. The lowest BCUT2D eigenvalue weighted by Gasteiger charge is -2.33. The maximum Gasteiger partial charge on any atom is 0.255 e. The van der Waals surface area contributed by atoms with E-state index in [0.29, 0.717) is 26.0 Å². The summed E-state index contributed by atoms with van der Waals surface area (Å²) in [7, 11) is 1.73. The van der Waals surface area contributed by atoms with Gasteiger partial charge in [-0.25, -0.2) is 4.98 Å². The Morgan fingerprint density at radius 3 is 2.69 bits per heavy atom. The summed E-state index contributed by atoms with van der Waals surface area (Å²) in [5.74, 6) is 1.36. The van der Waals surface area contributed by atoms with Crippen molar-refractivity contribution in [1.29, 1.82) is 0 Å². The third-order valence-corrected chi connectivity index (χ3v) is 7.53. The fourth-order valence-corrected chi connectivity index (χ4v) is 5.58. The summed E-state index contributed by atoms with van der Waals surface area (Å²) in [6.45, 7) is 2.97. The summed E-state index contributed by atoms with van der Waals surface area (Å²) in [6, 6.07) is 20.9. The number of carbonyl (C=O) groups is 1. The molecule has 2 aromatic heterocycles. The molecule has 8 heteroatoms. The second-order valence-electron chi connectivity index (χ2n) is 10.4. The smallest absolute Gasteiger partial charge is 0.255 e. The van der Waals surface area contributed by atoms with Crippen LogP contribution in [0, 0.1) is 0 Å². The molecule has 1 saturated heterocycles. The first kappa shape index (κ1) is 26.8. The Morgan fingerprint density at radius 1 is 1.10 bits per heavy atom. The number of piperidine rings is 1. The lowest BCUT2D eigenvalue weighted by Crippen LogP contribution is -2.42. The zero-order valence-corrected chi connectivity index (χ0v) is 22.5. The SMILES string of the molecule is COCCCn1c(C2CCCN(C(=O)CC(N)Cc3ccc(-n4ccccc4=O)cc3)C2)nc2ccccc21. The normalized spacial score (nSPS) is 16.5. The quantitative estimate of drug-likeness (QED) is 0.316. The van der Waals surface area contributed by atoms with Crippen LogP contribution in [0.2, 0.25) is 0 Å². The standard InChI is InChI=1S/C31H37N5O3/c1-39-19-7-18-36-28-10-3-2-9-27(28)33-31(36)24-8-6-16-34(22-24)30(38)21-25(32)20-23-12-14-26(15-13-23)35-17-5-4-11-29(35)37/h2-5,9-15,17,24-25H,6-8,16,18-22,32H2,1H3. The first-order valence-electron chi connectivity index (χ1n) is 13.8. The minimum Gasteiger partial charge on any atom is -0.385 e. The predicted molar refractivity (Wildman–Crippen MR) is 153 cm³/mol. The maximum atomic E-state index is 13.3. The van der Waals surface area contributed by atoms with Crippen LogP contribution in [0.4, 0.5) is 0 Å². The average molecular weight is 528 g/mol. The molecule has 204 valence electrons. The number of methoxy groups -OCH3 is 1. The number of nitrogens with zero attached hydrogens (tertiary/aromatic N) is 4. The summed E-state index contributed by atoms with van der Waals surface area (Å²) in [6.07, 6.45) is 5.53. The molecule has 1 fully saturated rings. The number of rotatable bonds is 10. The van der Waals surface area contributed by atoms with Crippen molar-refractivity contribution < 1.29 is 9.53 Å². The van der Waals surface area contributed by atoms with E-state index in [-0.39, 0.29) is 23.4 Å². The van der Waals surface area contributed by atoms with E-state index in [2.05, 4.69) is 16.7 Å². The fraction of sp³-hybridized carbons (Fsp3) is 0.387. The predicted octanol–water partition coefficient (Wildman–Crippen LogP) is 3.89. The summed E-state index contributed by atoms with van der Waals surface area (Å²) in [5.41, 5.74) is 10.4. The van der Waals surface area contributed by atoms with Crippen LogP contribution in [0.5, 0.6) is 0 Å². The Balaban J connectivity index is 1.22. The molecule has 4 aromatic rings. The van der Waals surface area contributed by atoms with Crippen molar-refractivity contribution in [3.63, 3.8) is 0 Å². The lowest BCUT2D eigenvalue weighted by molar-refractivity contribution is -0.132. The van der Waals surface area contributed by atoms with E-state index in [9.17, 15) is 9.59 Å². The monoisotopic (exact) mass is 527 g/mol. The molecule has 2 atom stereocenters. The summed E-state index contributed by atoms with van der Waals surface area (Å²) in [4.78, 5) is 32.3. The van der Waals surface area contributed by atoms with Crippen LogP contribution in [0.15, 0.2) is 77.7 Å². The third kappa shape index (κ3) is 6.29. The van der Waals surface area contributed by atoms with Gasteiger partial charge in [-0.2, -0.15) is 0 Å². The fourth-order valence-electron chi connectivity index (χ4n) is 5.58. The molecule has 0 aliphatic carbocycles. The van der Waals surface area contributed by atoms with Gasteiger partial charge >= 0.3 is 0 Å². The molecule has 0 bridgehead atoms. The molecule has 1 amide bonds. The molecule has 3 heterocycles. The van der Waals surface area contributed by atoms with Gasteiger partial charge in [-0.05, 0) is 61.6 Å². The zero-order chi connectivity index (χ0) is 27.2. The topological polar surface area (TPSA) is 95.4 Å². The van der Waals surface area contributed by atoms with Crippen LogP contribution >= 0.6 is 0 Å². The molecule has 0 radical (unpaired) electrons. The van der Waals surface area contributed by atoms with Gasteiger partial charge in [-0.15, -0.1) is 0 Å². The summed E-state index contributed by atoms with van der Waals surface area (Å²) in [5, 5.41) is 0. The summed E-state index contributed by atoms with van der Waals surface area (Å²) < 4.78 is 9.20. The first-order chi connectivity index (χ1) is 19.0. The largest absolute Gasteiger partial charge is 0.385 e. The van der Waals surface area contributed by atoms with Gasteiger partial charge in [0.1, 0.15) is 5.82 Å². The average Bonchev–Trinajstić information content (AvgIpc) is 3.33. The van der Waals surface area contributed by atoms with E-state index in [1.54, 1.807) is 23.9 Å². The molecule has 1 aliphatic rings. The number of nitrogens with two attached hydrogens (primary N) is 1. The third-order valence-electron chi connectivity index (χ3n) is 7.53. The van der Waals surface area contributed by atoms with Crippen LogP contribution in [-0.4, -0.2) is 57.8 Å². The van der Waals surface area contributed by atoms with Gasteiger partial charge < -0.3 is 19.9 Å². The Hall–Kier alpha value is -3.75. The summed E-state index contributed by atoms with van der Waals surface area (Å²) >= 11 is 0. The van der Waals surface area contributed by atoms with Crippen molar-refractivity contribution in [3.05, 3.63) is 94.7 Å². The number of aromatic nitrogens is 3. The van der Waals surface area contributed by atoms with Gasteiger partial charge in [0.25, 0.3) is 5.56 Å². The van der Waals surface area contributed by atoms with Crippen molar-refractivity contribution >= 4 is 16.9 Å². The minimum absolute atomic E-state index is 0.0714. The zero-order valence-electron chi connectivity index (χ0n) is 22.5. The molecule has 1 aliphatic heterocycles. The molecule has 5 rings (SSSR count). The van der Waals surface area contributed by atoms with Gasteiger partial charge in [0.15, 0.2) is 0 Å². The molecule has 2 aromatic carbocycles. The van der Waals surface area contributed by atoms with Crippen molar-refractivity contribution in [1.82, 2.24) is 19.0 Å². The van der Waals surface area contributed by atoms with Crippen LogP contribution in [-0.2, 0) is 22.5 Å². The molecule has 8 nitrogen and oxygen atoms in total. The van der Waals surface area contributed by atoms with Crippen LogP contribution in [0.1, 0.15) is 43.0 Å². The second-order valence-corrected chi connectivity index (χ2v) is 10.4. The number of carbonyl (C=O) groups excluding carboxylic acids is 1. The van der Waals surface area contributed by atoms with Crippen molar-refractivity contribution in [3.8, 4) is 5.69 Å². The number of hydrogen-bond donors (Lipinski definition) is 1. The van der Waals surface area contributed by atoms with Gasteiger partial charge in [-0.1, -0.05) is 30.3 Å². The minimum atomic E-state index is -0.276. The first-order valence-corrected chi connectivity index (χ1v) is 13.8. The molecule has 2 unspecified atom stereocenters. The maximum absolute atomic E-state index is 13.3. The number of benzene rings is 2. The number of amides is 1. The Morgan fingerprint density at radius 2 is 1.90 bits per heavy atom. The number of pyridine rings is 1. The van der Waals surface area contributed by atoms with E-state index in [1.807, 2.05) is 47.4 Å². The van der Waals surface area contributed by atoms with E-state index in [1.165, 1.54) is 6.07 Å². The molecule has 39 heavy (non-hydrogen) atoms. The van der Waals surface area contributed by atoms with Crippen molar-refractivity contribution in [2.75, 3.05) is 26.8 Å². The number of fused-ring (bicyclic) bond motifs is 1. The highest BCUT2D eigenvalue weighted by Crippen LogP contribution is 2.30. The van der Waals surface area contributed by atoms with Gasteiger partial charge in [0, 0.05) is 69.7 Å². The number of likely N-dealkylation sites (tertiary alicyclic amines) is 1. The molecular formula is C31H37N5O3. The molecule has 2 N–H and O–H groups in total. The highest BCUT2D eigenvalue weighted by molar-refractivity contribution is 5.78. The highest BCUT2D eigenvalue weighted by atomic mass is 16.5. The number of imidazole rings is 1. The van der Waals surface area contributed by atoms with Gasteiger partial charge in [-0.3, -0.25) is 14.2 Å². The Bertz CT molecular complexity index is 1460. The van der Waals surface area contributed by atoms with E-state index >= 15 is 0 Å². The molecular weight excluding hydrogens is 490 g/mol. The number of aryl methyl sites for hydroxylation is 1. The second kappa shape index (κ2) is 12.4. The number of hydrogen-bond acceptors (Lipinski definition) is 5. The van der Waals surface area contributed by atoms with Crippen molar-refractivity contribution in [2.45, 2.75) is 50.6 Å². The molecule has 0 spiro atoms. The highest BCUT2D eigenvalue weighted by Gasteiger charge is 2.29. The van der Waals surface area contributed by atoms with Crippen LogP contribution < -0.4 is 11.3 Å². The van der Waals surface area contributed by atoms with Gasteiger partial charge in [0.05, 0.1) is 11.0 Å². The van der Waals surface area contributed by atoms with E-state index in [4.69, 9.17) is 15.5 Å². The Labute approximate surface area is 229 Å². The number of ether oxygens (including phenoxy) is 1.